The monoisotopic (exact) mass is 774 g/mol. The number of aryl methyl sites for hydroxylation is 2. The second kappa shape index (κ2) is 20.0. The van der Waals surface area contributed by atoms with Crippen molar-refractivity contribution in [2.24, 2.45) is 0 Å². The topological polar surface area (TPSA) is 0 Å². The fourth-order valence-corrected chi connectivity index (χ4v) is 47.1. The summed E-state index contributed by atoms with van der Waals surface area (Å²) in [4.78, 5) is 3.36. The summed E-state index contributed by atoms with van der Waals surface area (Å²) in [5.41, 5.74) is 0. The predicted molar refractivity (Wildman–Crippen MR) is 185 cm³/mol. The molecule has 38 heavy (non-hydrogen) atoms. The molecule has 2 rings (SSSR count). The molecular weight excluding hydrogens is 710 g/mol. The average Bonchev–Trinajstić information content (AvgIpc) is 3.62. The van der Waals surface area contributed by atoms with E-state index >= 15 is 0 Å². The second-order valence-corrected chi connectivity index (χ2v) is 42.9. The molecule has 2 heterocycles. The zero-order valence-corrected chi connectivity index (χ0v) is 33.6. The van der Waals surface area contributed by atoms with Crippen LogP contribution in [-0.2, 0) is 12.8 Å². The van der Waals surface area contributed by atoms with Gasteiger partial charge in [0.05, 0.1) is 0 Å². The molecule has 0 nitrogen and oxygen atoms in total. The van der Waals surface area contributed by atoms with E-state index < -0.39 is 36.8 Å². The van der Waals surface area contributed by atoms with Crippen molar-refractivity contribution in [3.63, 3.8) is 0 Å². The first-order chi connectivity index (χ1) is 18.5. The van der Waals surface area contributed by atoms with Crippen LogP contribution >= 0.6 is 22.7 Å². The van der Waals surface area contributed by atoms with E-state index in [4.69, 9.17) is 0 Å². The number of unbranched alkanes of at least 4 members (excludes halogenated alkanes) is 6. The number of hydrogen-bond donors (Lipinski definition) is 0. The van der Waals surface area contributed by atoms with Crippen molar-refractivity contribution in [1.29, 1.82) is 0 Å². The van der Waals surface area contributed by atoms with Crippen molar-refractivity contribution in [3.05, 3.63) is 34.0 Å². The number of rotatable bonds is 23. The van der Waals surface area contributed by atoms with Crippen LogP contribution in [0.4, 0.5) is 0 Å². The van der Waals surface area contributed by atoms with E-state index in [1.54, 1.807) is 36.4 Å². The van der Waals surface area contributed by atoms with Gasteiger partial charge in [-0.1, -0.05) is 0 Å². The van der Waals surface area contributed by atoms with Crippen LogP contribution in [0.5, 0.6) is 0 Å². The van der Waals surface area contributed by atoms with Crippen LogP contribution in [0.15, 0.2) is 24.3 Å². The van der Waals surface area contributed by atoms with Crippen LogP contribution < -0.4 is 5.79 Å². The van der Waals surface area contributed by atoms with Gasteiger partial charge < -0.3 is 0 Å². The number of thiophene rings is 2. The van der Waals surface area contributed by atoms with E-state index in [9.17, 15) is 0 Å². The van der Waals surface area contributed by atoms with Crippen LogP contribution in [0.3, 0.4) is 0 Å². The summed E-state index contributed by atoms with van der Waals surface area (Å²) in [7, 11) is 0. The van der Waals surface area contributed by atoms with Crippen molar-refractivity contribution >= 4 is 65.2 Å². The molecule has 0 aliphatic rings. The summed E-state index contributed by atoms with van der Waals surface area (Å²) < 4.78 is 13.4. The zero-order valence-electron chi connectivity index (χ0n) is 26.3. The minimum atomic E-state index is -2.27. The normalized spacial score (nSPS) is 12.5. The Hall–Kier alpha value is 0.997. The van der Waals surface area contributed by atoms with Gasteiger partial charge in [-0.05, 0) is 0 Å². The molecule has 2 aromatic heterocycles. The molecule has 0 amide bonds. The Labute approximate surface area is 254 Å². The first kappa shape index (κ1) is 35.2. The molecule has 0 aliphatic carbocycles. The van der Waals surface area contributed by atoms with E-state index in [0.717, 1.165) is 0 Å². The number of hydrogen-bond acceptors (Lipinski definition) is 2. The fourth-order valence-electron chi connectivity index (χ4n) is 6.42. The van der Waals surface area contributed by atoms with Crippen molar-refractivity contribution in [2.75, 3.05) is 0 Å². The third kappa shape index (κ3) is 11.0. The van der Waals surface area contributed by atoms with Crippen LogP contribution in [0.1, 0.15) is 128 Å². The van der Waals surface area contributed by atoms with Crippen molar-refractivity contribution in [1.82, 2.24) is 0 Å². The van der Waals surface area contributed by atoms with Crippen molar-refractivity contribution < 1.29 is 0 Å². The van der Waals surface area contributed by atoms with Gasteiger partial charge in [0.1, 0.15) is 0 Å². The molecule has 0 atom stereocenters. The molecule has 0 radical (unpaired) electrons. The van der Waals surface area contributed by atoms with Gasteiger partial charge in [0.25, 0.3) is 0 Å². The Morgan fingerprint density at radius 2 is 0.684 bits per heavy atom. The predicted octanol–water partition coefficient (Wildman–Crippen LogP) is 11.7. The Morgan fingerprint density at radius 3 is 0.921 bits per heavy atom. The molecule has 0 spiro atoms. The van der Waals surface area contributed by atoms with E-state index in [1.165, 1.54) is 89.9 Å². The Kier molecular flexibility index (Phi) is 18.5. The maximum atomic E-state index is 2.64. The molecule has 0 aliphatic heterocycles. The minimum absolute atomic E-state index is 1.27. The summed E-state index contributed by atoms with van der Waals surface area (Å²) in [5, 5.41) is 0. The fraction of sp³-hybridized carbons (Fsp3) is 0.765. The van der Waals surface area contributed by atoms with Crippen LogP contribution in [0.25, 0.3) is 0 Å². The summed E-state index contributed by atoms with van der Waals surface area (Å²) in [5.74, 6) is 0. The van der Waals surface area contributed by atoms with Gasteiger partial charge in [-0.2, -0.15) is 0 Å². The Morgan fingerprint density at radius 1 is 0.421 bits per heavy atom. The van der Waals surface area contributed by atoms with Crippen LogP contribution in [0.2, 0.25) is 26.6 Å². The van der Waals surface area contributed by atoms with Gasteiger partial charge in [-0.3, -0.25) is 0 Å². The van der Waals surface area contributed by atoms with Gasteiger partial charge in [0.2, 0.25) is 0 Å². The Balaban J connectivity index is 2.19. The summed E-state index contributed by atoms with van der Waals surface area (Å²) in [6.07, 6.45) is 19.6. The maximum absolute atomic E-state index is 2.64. The molecule has 0 unspecified atom stereocenters. The quantitative estimate of drug-likeness (QED) is 0.0987. The summed E-state index contributed by atoms with van der Waals surface area (Å²) in [6.45, 7) is 14.4. The molecule has 0 bridgehead atoms. The van der Waals surface area contributed by atoms with Gasteiger partial charge >= 0.3 is 257 Å². The molecule has 4 heteroatoms. The average molecular weight is 772 g/mol. The first-order valence-corrected chi connectivity index (χ1v) is 33.3. The van der Waals surface area contributed by atoms with Gasteiger partial charge in [0, 0.05) is 0 Å². The van der Waals surface area contributed by atoms with Gasteiger partial charge in [0.15, 0.2) is 0 Å². The molecule has 2 aromatic rings. The van der Waals surface area contributed by atoms with Crippen LogP contribution in [-0.4, -0.2) is 36.8 Å². The van der Waals surface area contributed by atoms with Gasteiger partial charge in [-0.25, -0.2) is 0 Å². The molecule has 0 fully saturated rings. The molecule has 0 saturated carbocycles. The second-order valence-electron chi connectivity index (χ2n) is 12.2. The van der Waals surface area contributed by atoms with Crippen molar-refractivity contribution in [3.8, 4) is 0 Å². The van der Waals surface area contributed by atoms with Crippen LogP contribution in [0, 0.1) is 0 Å². The molecular formula is C34H62S2Sn2. The van der Waals surface area contributed by atoms with Crippen molar-refractivity contribution in [2.45, 2.75) is 158 Å². The van der Waals surface area contributed by atoms with Gasteiger partial charge in [-0.15, -0.1) is 0 Å². The summed E-state index contributed by atoms with van der Waals surface area (Å²) in [6, 6.07) is 10.4. The van der Waals surface area contributed by atoms with E-state index in [1.807, 2.05) is 5.79 Å². The molecule has 0 aromatic carbocycles. The third-order valence-corrected chi connectivity index (χ3v) is 47.9. The molecule has 0 N–H and O–H groups in total. The molecule has 0 saturated heterocycles. The first-order valence-electron chi connectivity index (χ1n) is 16.7. The zero-order chi connectivity index (χ0) is 27.7. The summed E-state index contributed by atoms with van der Waals surface area (Å²) >= 11 is -0.00188. The Bertz CT molecular complexity index is 738. The van der Waals surface area contributed by atoms with E-state index in [0.29, 0.717) is 0 Å². The third-order valence-electron chi connectivity index (χ3n) is 9.04. The van der Waals surface area contributed by atoms with E-state index in [2.05, 4.69) is 88.5 Å². The molecule has 218 valence electrons. The SMILES string of the molecule is CCC[CH2][Sn]([CH2]CCC)([CH2]CCC)[c]1ccc(CCc2cc[c]([Sn]([CH2]CCC)([CH2]CCC)[CH2]CCC)s2)s1. The van der Waals surface area contributed by atoms with E-state index in [-0.39, 0.29) is 0 Å². The standard InChI is InChI=1S/C10H8S2.6C4H9.2Sn/c1-3-9(11-7-1)5-6-10-4-2-8-12-10;6*1-3-4-2;;/h1-4H,5-6H2;6*1,3-4H2,2H3;;.